The first-order valence-corrected chi connectivity index (χ1v) is 6.85. The molecule has 0 aliphatic heterocycles. The number of aliphatic carboxylic acids is 1. The minimum atomic E-state index is -5.19. The van der Waals surface area contributed by atoms with Crippen LogP contribution in [0.2, 0.25) is 0 Å². The standard InChI is InChI=1S/C16H13F3N2O3/c17-16(18,19)15(24)21(10-11-5-2-1-3-6-11)13(14(22)23)12-7-4-8-20-9-12/h1-9,13H,10H2,(H,22,23). The van der Waals surface area contributed by atoms with Crippen molar-refractivity contribution in [2.24, 2.45) is 0 Å². The highest BCUT2D eigenvalue weighted by molar-refractivity contribution is 5.87. The Morgan fingerprint density at radius 2 is 1.79 bits per heavy atom. The molecule has 1 amide bonds. The van der Waals surface area contributed by atoms with Crippen LogP contribution >= 0.6 is 0 Å². The van der Waals surface area contributed by atoms with Crippen molar-refractivity contribution in [3.8, 4) is 0 Å². The lowest BCUT2D eigenvalue weighted by Crippen LogP contribution is -2.45. The van der Waals surface area contributed by atoms with Crippen molar-refractivity contribution in [2.75, 3.05) is 0 Å². The third kappa shape index (κ3) is 4.09. The molecule has 0 radical (unpaired) electrons. The van der Waals surface area contributed by atoms with E-state index in [9.17, 15) is 27.9 Å². The quantitative estimate of drug-likeness (QED) is 0.910. The van der Waals surface area contributed by atoms with Crippen LogP contribution in [0.15, 0.2) is 54.9 Å². The van der Waals surface area contributed by atoms with E-state index in [1.54, 1.807) is 18.2 Å². The van der Waals surface area contributed by atoms with E-state index in [-0.39, 0.29) is 10.5 Å². The van der Waals surface area contributed by atoms with E-state index in [0.717, 1.165) is 6.20 Å². The summed E-state index contributed by atoms with van der Waals surface area (Å²) in [4.78, 5) is 27.4. The molecule has 1 atom stereocenters. The number of hydrogen-bond donors (Lipinski definition) is 1. The maximum Gasteiger partial charge on any atom is 0.471 e. The van der Waals surface area contributed by atoms with E-state index in [1.807, 2.05) is 0 Å². The predicted octanol–water partition coefficient (Wildman–Crippen LogP) is 2.80. The van der Waals surface area contributed by atoms with Crippen LogP contribution in [0.5, 0.6) is 0 Å². The molecule has 24 heavy (non-hydrogen) atoms. The number of nitrogens with zero attached hydrogens (tertiary/aromatic N) is 2. The van der Waals surface area contributed by atoms with Gasteiger partial charge in [0.1, 0.15) is 0 Å². The Hall–Kier alpha value is -2.90. The van der Waals surface area contributed by atoms with Crippen LogP contribution in [0.3, 0.4) is 0 Å². The second-order valence-electron chi connectivity index (χ2n) is 4.94. The van der Waals surface area contributed by atoms with Gasteiger partial charge in [-0.2, -0.15) is 13.2 Å². The molecular weight excluding hydrogens is 325 g/mol. The Labute approximate surface area is 135 Å². The fraction of sp³-hybridized carbons (Fsp3) is 0.188. The first-order valence-electron chi connectivity index (χ1n) is 6.85. The zero-order chi connectivity index (χ0) is 17.7. The van der Waals surface area contributed by atoms with Crippen LogP contribution in [-0.2, 0) is 16.1 Å². The second-order valence-corrected chi connectivity index (χ2v) is 4.94. The summed E-state index contributed by atoms with van der Waals surface area (Å²) in [6.07, 6.45) is -2.71. The first-order chi connectivity index (χ1) is 11.3. The third-order valence-corrected chi connectivity index (χ3v) is 3.24. The molecule has 0 spiro atoms. The number of carbonyl (C=O) groups is 2. The SMILES string of the molecule is O=C(O)C(c1cccnc1)N(Cc1ccccc1)C(=O)C(F)(F)F. The molecule has 1 aromatic heterocycles. The summed E-state index contributed by atoms with van der Waals surface area (Å²) >= 11 is 0. The van der Waals surface area contributed by atoms with Gasteiger partial charge in [-0.1, -0.05) is 36.4 Å². The molecule has 1 unspecified atom stereocenters. The van der Waals surface area contributed by atoms with Crippen molar-refractivity contribution in [3.63, 3.8) is 0 Å². The maximum atomic E-state index is 12.9. The Morgan fingerprint density at radius 3 is 2.29 bits per heavy atom. The summed E-state index contributed by atoms with van der Waals surface area (Å²) in [5.41, 5.74) is 0.365. The number of alkyl halides is 3. The zero-order valence-electron chi connectivity index (χ0n) is 12.3. The predicted molar refractivity (Wildman–Crippen MR) is 77.7 cm³/mol. The molecule has 0 fully saturated rings. The average molecular weight is 338 g/mol. The number of rotatable bonds is 5. The summed E-state index contributed by atoms with van der Waals surface area (Å²) in [5, 5.41) is 9.40. The molecule has 1 heterocycles. The van der Waals surface area contributed by atoms with Gasteiger partial charge >= 0.3 is 18.1 Å². The smallest absolute Gasteiger partial charge is 0.471 e. The van der Waals surface area contributed by atoms with E-state index in [0.29, 0.717) is 5.56 Å². The van der Waals surface area contributed by atoms with E-state index in [4.69, 9.17) is 0 Å². The van der Waals surface area contributed by atoms with Crippen molar-refractivity contribution >= 4 is 11.9 Å². The lowest BCUT2D eigenvalue weighted by Gasteiger charge is -2.29. The highest BCUT2D eigenvalue weighted by Crippen LogP contribution is 2.28. The average Bonchev–Trinajstić information content (AvgIpc) is 2.54. The van der Waals surface area contributed by atoms with Gasteiger partial charge in [0, 0.05) is 24.5 Å². The number of benzene rings is 1. The van der Waals surface area contributed by atoms with Crippen molar-refractivity contribution in [1.29, 1.82) is 0 Å². The molecule has 0 saturated carbocycles. The van der Waals surface area contributed by atoms with Gasteiger partial charge < -0.3 is 10.0 Å². The molecule has 0 aliphatic rings. The van der Waals surface area contributed by atoms with Crippen LogP contribution < -0.4 is 0 Å². The summed E-state index contributed by atoms with van der Waals surface area (Å²) in [7, 11) is 0. The molecule has 126 valence electrons. The fourth-order valence-corrected chi connectivity index (χ4v) is 2.22. The Kier molecular flexibility index (Phi) is 5.18. The molecule has 5 nitrogen and oxygen atoms in total. The second kappa shape index (κ2) is 7.12. The molecule has 8 heteroatoms. The number of amides is 1. The van der Waals surface area contributed by atoms with E-state index < -0.39 is 30.6 Å². The maximum absolute atomic E-state index is 12.9. The normalized spacial score (nSPS) is 12.5. The molecule has 0 bridgehead atoms. The minimum absolute atomic E-state index is 0.0152. The van der Waals surface area contributed by atoms with Crippen LogP contribution in [0.4, 0.5) is 13.2 Å². The van der Waals surface area contributed by atoms with Crippen LogP contribution in [0.1, 0.15) is 17.2 Å². The molecule has 2 rings (SSSR count). The zero-order valence-corrected chi connectivity index (χ0v) is 12.3. The van der Waals surface area contributed by atoms with Crippen LogP contribution in [0.25, 0.3) is 0 Å². The van der Waals surface area contributed by atoms with Gasteiger partial charge in [0.15, 0.2) is 6.04 Å². The number of pyridine rings is 1. The fourth-order valence-electron chi connectivity index (χ4n) is 2.22. The third-order valence-electron chi connectivity index (χ3n) is 3.24. The topological polar surface area (TPSA) is 70.5 Å². The monoisotopic (exact) mass is 338 g/mol. The van der Waals surface area contributed by atoms with Gasteiger partial charge in [0.05, 0.1) is 0 Å². The summed E-state index contributed by atoms with van der Waals surface area (Å²) in [5.74, 6) is -3.79. The van der Waals surface area contributed by atoms with Crippen molar-refractivity contribution < 1.29 is 27.9 Å². The number of carbonyl (C=O) groups excluding carboxylic acids is 1. The number of hydrogen-bond acceptors (Lipinski definition) is 3. The number of carboxylic acid groups (broad SMARTS) is 1. The highest BCUT2D eigenvalue weighted by atomic mass is 19.4. The van der Waals surface area contributed by atoms with E-state index in [2.05, 4.69) is 4.98 Å². The van der Waals surface area contributed by atoms with Crippen LogP contribution in [-0.4, -0.2) is 33.0 Å². The highest BCUT2D eigenvalue weighted by Gasteiger charge is 2.46. The number of halogens is 3. The summed E-state index contributed by atoms with van der Waals surface area (Å²) < 4.78 is 38.8. The molecule has 1 aromatic carbocycles. The Bertz CT molecular complexity index is 706. The van der Waals surface area contributed by atoms with Gasteiger partial charge in [-0.25, -0.2) is 4.79 Å². The van der Waals surface area contributed by atoms with Gasteiger partial charge in [0.25, 0.3) is 0 Å². The molecule has 0 aliphatic carbocycles. The van der Waals surface area contributed by atoms with Crippen molar-refractivity contribution in [3.05, 3.63) is 66.0 Å². The summed E-state index contributed by atoms with van der Waals surface area (Å²) in [6.45, 7) is -0.495. The van der Waals surface area contributed by atoms with E-state index in [1.165, 1.54) is 30.5 Å². The number of aromatic nitrogens is 1. The number of carboxylic acids is 1. The molecule has 0 saturated heterocycles. The summed E-state index contributed by atoms with van der Waals surface area (Å²) in [6, 6.07) is 8.77. The van der Waals surface area contributed by atoms with E-state index >= 15 is 0 Å². The molecular formula is C16H13F3N2O3. The van der Waals surface area contributed by atoms with Gasteiger partial charge in [0.2, 0.25) is 0 Å². The van der Waals surface area contributed by atoms with Gasteiger partial charge in [-0.05, 0) is 11.6 Å². The lowest BCUT2D eigenvalue weighted by molar-refractivity contribution is -0.190. The minimum Gasteiger partial charge on any atom is -0.479 e. The van der Waals surface area contributed by atoms with Crippen LogP contribution in [0, 0.1) is 0 Å². The molecule has 2 aromatic rings. The van der Waals surface area contributed by atoms with Crippen molar-refractivity contribution in [1.82, 2.24) is 9.88 Å². The lowest BCUT2D eigenvalue weighted by atomic mass is 10.1. The Balaban J connectivity index is 2.46. The first kappa shape index (κ1) is 17.5. The van der Waals surface area contributed by atoms with Gasteiger partial charge in [-0.15, -0.1) is 0 Å². The molecule has 1 N–H and O–H groups in total. The van der Waals surface area contributed by atoms with Crippen molar-refractivity contribution in [2.45, 2.75) is 18.8 Å². The van der Waals surface area contributed by atoms with Gasteiger partial charge in [-0.3, -0.25) is 9.78 Å². The Morgan fingerprint density at radius 1 is 1.12 bits per heavy atom. The largest absolute Gasteiger partial charge is 0.479 e.